The van der Waals surface area contributed by atoms with Gasteiger partial charge in [-0.15, -0.1) is 0 Å². The van der Waals surface area contributed by atoms with Crippen molar-refractivity contribution in [1.29, 1.82) is 0 Å². The van der Waals surface area contributed by atoms with E-state index in [2.05, 4.69) is 20.4 Å². The summed E-state index contributed by atoms with van der Waals surface area (Å²) in [5.41, 5.74) is 0.245. The zero-order chi connectivity index (χ0) is 19.2. The van der Waals surface area contributed by atoms with Gasteiger partial charge in [-0.05, 0) is 24.3 Å². The lowest BCUT2D eigenvalue weighted by Crippen LogP contribution is -2.31. The van der Waals surface area contributed by atoms with E-state index in [1.54, 1.807) is 24.5 Å². The number of aromatic nitrogens is 3. The van der Waals surface area contributed by atoms with E-state index < -0.39 is 30.1 Å². The summed E-state index contributed by atoms with van der Waals surface area (Å²) in [6, 6.07) is 5.92. The first kappa shape index (κ1) is 18.1. The zero-order valence-corrected chi connectivity index (χ0v) is 13.7. The zero-order valence-electron chi connectivity index (χ0n) is 13.7. The van der Waals surface area contributed by atoms with Crippen LogP contribution in [-0.2, 0) is 16.1 Å². The van der Waals surface area contributed by atoms with Crippen LogP contribution in [0.25, 0.3) is 11.4 Å². The van der Waals surface area contributed by atoms with Gasteiger partial charge in [-0.25, -0.2) is 8.78 Å². The van der Waals surface area contributed by atoms with E-state index in [1.165, 1.54) is 0 Å². The maximum atomic E-state index is 13.5. The second-order valence-electron chi connectivity index (χ2n) is 5.22. The Morgan fingerprint density at radius 1 is 1.22 bits per heavy atom. The monoisotopic (exact) mass is 374 g/mol. The molecule has 2 aromatic heterocycles. The van der Waals surface area contributed by atoms with Crippen molar-refractivity contribution in [2.75, 3.05) is 6.54 Å². The lowest BCUT2D eigenvalue weighted by Gasteiger charge is -2.06. The van der Waals surface area contributed by atoms with Crippen LogP contribution in [0.5, 0.6) is 0 Å². The molecule has 1 aromatic carbocycles. The van der Waals surface area contributed by atoms with E-state index >= 15 is 0 Å². The molecule has 8 nitrogen and oxygen atoms in total. The number of carbonyl (C=O) groups is 2. The minimum absolute atomic E-state index is 0.0538. The van der Waals surface area contributed by atoms with Gasteiger partial charge in [0.15, 0.2) is 6.61 Å². The normalized spacial score (nSPS) is 10.4. The van der Waals surface area contributed by atoms with Crippen molar-refractivity contribution >= 4 is 11.9 Å². The van der Waals surface area contributed by atoms with Gasteiger partial charge in [-0.3, -0.25) is 14.6 Å². The molecule has 27 heavy (non-hydrogen) atoms. The van der Waals surface area contributed by atoms with Gasteiger partial charge >= 0.3 is 5.97 Å². The Bertz CT molecular complexity index is 963. The topological polar surface area (TPSA) is 107 Å². The maximum absolute atomic E-state index is 13.5. The van der Waals surface area contributed by atoms with E-state index in [0.717, 1.165) is 12.1 Å². The molecule has 0 aliphatic heterocycles. The van der Waals surface area contributed by atoms with Crippen LogP contribution in [0.1, 0.15) is 16.2 Å². The number of nitrogens with one attached hydrogen (secondary N) is 1. The van der Waals surface area contributed by atoms with Crippen molar-refractivity contribution in [3.05, 3.63) is 65.8 Å². The van der Waals surface area contributed by atoms with Crippen LogP contribution in [0.4, 0.5) is 8.78 Å². The highest BCUT2D eigenvalue weighted by molar-refractivity contribution is 5.96. The van der Waals surface area contributed by atoms with Gasteiger partial charge in [0, 0.05) is 24.0 Å². The Kier molecular flexibility index (Phi) is 5.45. The van der Waals surface area contributed by atoms with Gasteiger partial charge < -0.3 is 14.6 Å². The number of rotatable bonds is 6. The molecule has 0 unspecified atom stereocenters. The molecule has 138 valence electrons. The Hall–Kier alpha value is -3.69. The maximum Gasteiger partial charge on any atom is 0.325 e. The summed E-state index contributed by atoms with van der Waals surface area (Å²) in [7, 11) is 0. The highest BCUT2D eigenvalue weighted by atomic mass is 19.1. The molecule has 1 amide bonds. The van der Waals surface area contributed by atoms with Gasteiger partial charge in [0.25, 0.3) is 11.8 Å². The summed E-state index contributed by atoms with van der Waals surface area (Å²) in [5, 5.41) is 5.91. The van der Waals surface area contributed by atoms with E-state index in [-0.39, 0.29) is 23.9 Å². The van der Waals surface area contributed by atoms with Crippen LogP contribution in [0.15, 0.2) is 47.2 Å². The van der Waals surface area contributed by atoms with Gasteiger partial charge in [0.1, 0.15) is 18.2 Å². The third-order valence-electron chi connectivity index (χ3n) is 3.31. The number of hydrogen-bond donors (Lipinski definition) is 1. The van der Waals surface area contributed by atoms with Crippen molar-refractivity contribution < 1.29 is 27.6 Å². The van der Waals surface area contributed by atoms with Gasteiger partial charge in [-0.2, -0.15) is 4.98 Å². The first-order chi connectivity index (χ1) is 13.0. The SMILES string of the molecule is O=C(CNC(=O)c1ccc(F)cc1F)OCc1nc(-c2cccnc2)no1. The Morgan fingerprint density at radius 3 is 2.81 bits per heavy atom. The first-order valence-electron chi connectivity index (χ1n) is 7.65. The Morgan fingerprint density at radius 2 is 2.07 bits per heavy atom. The number of ether oxygens (including phenoxy) is 1. The molecule has 0 spiro atoms. The average molecular weight is 374 g/mol. The summed E-state index contributed by atoms with van der Waals surface area (Å²) in [6.45, 7) is -0.813. The molecule has 0 aliphatic carbocycles. The third-order valence-corrected chi connectivity index (χ3v) is 3.31. The van der Waals surface area contributed by atoms with E-state index in [9.17, 15) is 18.4 Å². The summed E-state index contributed by atoms with van der Waals surface area (Å²) in [5.74, 6) is -3.18. The number of carbonyl (C=O) groups excluding carboxylic acids is 2. The molecule has 3 rings (SSSR count). The van der Waals surface area contributed by atoms with Crippen LogP contribution in [0.2, 0.25) is 0 Å². The number of esters is 1. The average Bonchev–Trinajstić information content (AvgIpc) is 3.14. The van der Waals surface area contributed by atoms with Crippen LogP contribution in [0, 0.1) is 11.6 Å². The third kappa shape index (κ3) is 4.69. The molecular weight excluding hydrogens is 362 g/mol. The summed E-state index contributed by atoms with van der Waals surface area (Å²) >= 11 is 0. The summed E-state index contributed by atoms with van der Waals surface area (Å²) < 4.78 is 36.2. The van der Waals surface area contributed by atoms with E-state index in [4.69, 9.17) is 9.26 Å². The fourth-order valence-corrected chi connectivity index (χ4v) is 2.04. The molecule has 0 atom stereocenters. The fraction of sp³-hybridized carbons (Fsp3) is 0.118. The highest BCUT2D eigenvalue weighted by Gasteiger charge is 2.15. The quantitative estimate of drug-likeness (QED) is 0.657. The molecule has 0 fully saturated rings. The lowest BCUT2D eigenvalue weighted by molar-refractivity contribution is -0.144. The predicted octanol–water partition coefficient (Wildman–Crippen LogP) is 1.88. The number of hydrogen-bond acceptors (Lipinski definition) is 7. The fourth-order valence-electron chi connectivity index (χ4n) is 2.04. The molecule has 0 bridgehead atoms. The molecule has 0 saturated carbocycles. The molecule has 0 radical (unpaired) electrons. The molecule has 1 N–H and O–H groups in total. The van der Waals surface area contributed by atoms with Crippen molar-refractivity contribution in [2.24, 2.45) is 0 Å². The molecule has 2 heterocycles. The van der Waals surface area contributed by atoms with Gasteiger partial charge in [-0.1, -0.05) is 5.16 Å². The van der Waals surface area contributed by atoms with E-state index in [1.807, 2.05) is 0 Å². The minimum atomic E-state index is -1.03. The largest absolute Gasteiger partial charge is 0.454 e. The van der Waals surface area contributed by atoms with E-state index in [0.29, 0.717) is 11.6 Å². The second kappa shape index (κ2) is 8.13. The van der Waals surface area contributed by atoms with Crippen molar-refractivity contribution in [2.45, 2.75) is 6.61 Å². The molecule has 3 aromatic rings. The van der Waals surface area contributed by atoms with Crippen molar-refractivity contribution in [1.82, 2.24) is 20.4 Å². The Balaban J connectivity index is 1.49. The smallest absolute Gasteiger partial charge is 0.325 e. The van der Waals surface area contributed by atoms with Crippen molar-refractivity contribution in [3.63, 3.8) is 0 Å². The number of halogens is 2. The molecule has 0 aliphatic rings. The lowest BCUT2D eigenvalue weighted by atomic mass is 10.2. The summed E-state index contributed by atoms with van der Waals surface area (Å²) in [4.78, 5) is 31.4. The van der Waals surface area contributed by atoms with Crippen LogP contribution >= 0.6 is 0 Å². The molecular formula is C17H12F2N4O4. The van der Waals surface area contributed by atoms with Crippen LogP contribution in [-0.4, -0.2) is 33.5 Å². The number of nitrogens with zero attached hydrogens (tertiary/aromatic N) is 3. The van der Waals surface area contributed by atoms with Gasteiger partial charge in [0.2, 0.25) is 5.82 Å². The Labute approximate surface area is 151 Å². The number of pyridine rings is 1. The predicted molar refractivity (Wildman–Crippen MR) is 86.0 cm³/mol. The van der Waals surface area contributed by atoms with Gasteiger partial charge in [0.05, 0.1) is 5.56 Å². The number of benzene rings is 1. The van der Waals surface area contributed by atoms with Crippen molar-refractivity contribution in [3.8, 4) is 11.4 Å². The van der Waals surface area contributed by atoms with Crippen LogP contribution < -0.4 is 5.32 Å². The van der Waals surface area contributed by atoms with Crippen LogP contribution in [0.3, 0.4) is 0 Å². The first-order valence-corrected chi connectivity index (χ1v) is 7.65. The minimum Gasteiger partial charge on any atom is -0.454 e. The second-order valence-corrected chi connectivity index (χ2v) is 5.22. The standard InChI is InChI=1S/C17H12F2N4O4/c18-11-3-4-12(13(19)6-11)17(25)21-8-15(24)26-9-14-22-16(23-27-14)10-2-1-5-20-7-10/h1-7H,8-9H2,(H,21,25). The summed E-state index contributed by atoms with van der Waals surface area (Å²) in [6.07, 6.45) is 3.14. The molecule has 10 heteroatoms. The highest BCUT2D eigenvalue weighted by Crippen LogP contribution is 2.14. The molecule has 0 saturated heterocycles. The number of amides is 1.